The molecule has 1 aliphatic heterocycles. The molecule has 0 saturated carbocycles. The molecule has 0 saturated heterocycles. The summed E-state index contributed by atoms with van der Waals surface area (Å²) in [6.45, 7) is 0.227. The van der Waals surface area contributed by atoms with Crippen molar-refractivity contribution >= 4 is 45.7 Å². The van der Waals surface area contributed by atoms with Crippen LogP contribution in [0.3, 0.4) is 0 Å². The minimum Gasteiger partial charge on any atom is -0.480 e. The Kier molecular flexibility index (Phi) is 5.98. The first-order chi connectivity index (χ1) is 14.0. The van der Waals surface area contributed by atoms with Crippen molar-refractivity contribution in [3.05, 3.63) is 64.7 Å². The summed E-state index contributed by atoms with van der Waals surface area (Å²) in [5.74, 6) is -2.31. The van der Waals surface area contributed by atoms with E-state index in [9.17, 15) is 13.6 Å². The second-order valence-corrected chi connectivity index (χ2v) is 8.83. The number of hydrogen-bond donors (Lipinski definition) is 0. The fourth-order valence-corrected chi connectivity index (χ4v) is 4.62. The van der Waals surface area contributed by atoms with Crippen LogP contribution in [0.15, 0.2) is 52.9 Å². The number of nitrogens with zero attached hydrogens (tertiary/aromatic N) is 3. The van der Waals surface area contributed by atoms with Gasteiger partial charge in [0.25, 0.3) is 11.7 Å². The van der Waals surface area contributed by atoms with Gasteiger partial charge in [-0.15, -0.1) is 10.2 Å². The van der Waals surface area contributed by atoms with Crippen molar-refractivity contribution in [2.24, 2.45) is 0 Å². The number of ether oxygens (including phenoxy) is 1. The number of fused-ring (bicyclic) bond motifs is 1. The summed E-state index contributed by atoms with van der Waals surface area (Å²) in [4.78, 5) is 14.7. The molecule has 5 nitrogen and oxygen atoms in total. The lowest BCUT2D eigenvalue weighted by atomic mass is 10.1. The molecule has 150 valence electrons. The Balaban J connectivity index is 1.60. The van der Waals surface area contributed by atoms with Crippen LogP contribution in [0.2, 0.25) is 5.02 Å². The van der Waals surface area contributed by atoms with E-state index in [0.717, 1.165) is 22.5 Å². The zero-order valence-corrected chi connectivity index (χ0v) is 17.2. The van der Waals surface area contributed by atoms with Gasteiger partial charge in [0.2, 0.25) is 5.13 Å². The first kappa shape index (κ1) is 20.1. The van der Waals surface area contributed by atoms with Crippen molar-refractivity contribution in [1.29, 1.82) is 0 Å². The van der Waals surface area contributed by atoms with Crippen LogP contribution in [0.5, 0.6) is 5.75 Å². The van der Waals surface area contributed by atoms with Crippen molar-refractivity contribution in [3.63, 3.8) is 0 Å². The van der Waals surface area contributed by atoms with Crippen molar-refractivity contribution < 1.29 is 18.3 Å². The number of carbonyl (C=O) groups excluding carboxylic acids is 1. The van der Waals surface area contributed by atoms with Crippen molar-refractivity contribution in [2.75, 3.05) is 4.90 Å². The molecular weight excluding hydrogens is 440 g/mol. The molecule has 1 unspecified atom stereocenters. The second-order valence-electron chi connectivity index (χ2n) is 6.20. The van der Waals surface area contributed by atoms with Gasteiger partial charge < -0.3 is 4.74 Å². The van der Waals surface area contributed by atoms with Gasteiger partial charge >= 0.3 is 0 Å². The second kappa shape index (κ2) is 8.64. The minimum atomic E-state index is -2.61. The molecule has 0 bridgehead atoms. The van der Waals surface area contributed by atoms with E-state index in [1.54, 1.807) is 18.2 Å². The third-order valence-corrected chi connectivity index (χ3v) is 6.21. The Morgan fingerprint density at radius 2 is 2.07 bits per heavy atom. The number of benzene rings is 2. The smallest absolute Gasteiger partial charge is 0.291 e. The highest BCUT2D eigenvalue weighted by atomic mass is 35.5. The number of rotatable bonds is 6. The Hall–Kier alpha value is -2.23. The maximum Gasteiger partial charge on any atom is 0.291 e. The predicted octanol–water partition coefficient (Wildman–Crippen LogP) is 5.04. The highest BCUT2D eigenvalue weighted by molar-refractivity contribution is 8.01. The maximum atomic E-state index is 13.3. The Bertz CT molecular complexity index is 1020. The fraction of sp³-hybridized carbons (Fsp3) is 0.211. The number of amides is 1. The van der Waals surface area contributed by atoms with Crippen molar-refractivity contribution in [2.45, 2.75) is 29.2 Å². The number of aromatic nitrogens is 2. The molecule has 1 atom stereocenters. The average Bonchev–Trinajstić information content (AvgIpc) is 3.32. The lowest BCUT2D eigenvalue weighted by Crippen LogP contribution is -2.41. The quantitative estimate of drug-likeness (QED) is 0.386. The van der Waals surface area contributed by atoms with Crippen LogP contribution in [-0.4, -0.2) is 28.0 Å². The monoisotopic (exact) mass is 453 g/mol. The summed E-state index contributed by atoms with van der Waals surface area (Å²) < 4.78 is 31.2. The topological polar surface area (TPSA) is 55.3 Å². The molecule has 2 aromatic carbocycles. The molecule has 1 aromatic heterocycles. The Morgan fingerprint density at radius 1 is 1.28 bits per heavy atom. The molecule has 1 aliphatic rings. The van der Waals surface area contributed by atoms with Gasteiger partial charge in [0.15, 0.2) is 10.4 Å². The highest BCUT2D eigenvalue weighted by Crippen LogP contribution is 2.35. The SMILES string of the molecule is O=C(C1Cc2cc(Cl)ccc2O1)N(Cc1ccccc1)c1nnc(SC(F)F)s1. The van der Waals surface area contributed by atoms with Crippen LogP contribution < -0.4 is 9.64 Å². The van der Waals surface area contributed by atoms with Crippen LogP contribution in [-0.2, 0) is 17.8 Å². The summed E-state index contributed by atoms with van der Waals surface area (Å²) in [6, 6.07) is 14.6. The third-order valence-electron chi connectivity index (χ3n) is 4.24. The number of alkyl halides is 2. The summed E-state index contributed by atoms with van der Waals surface area (Å²) in [6.07, 6.45) is -0.375. The van der Waals surface area contributed by atoms with Gasteiger partial charge in [-0.2, -0.15) is 8.78 Å². The Labute approximate surface area is 178 Å². The van der Waals surface area contributed by atoms with E-state index in [-0.39, 0.29) is 21.9 Å². The lowest BCUT2D eigenvalue weighted by Gasteiger charge is -2.22. The summed E-state index contributed by atoms with van der Waals surface area (Å²) in [5.41, 5.74) is 1.72. The highest BCUT2D eigenvalue weighted by Gasteiger charge is 2.34. The number of hydrogen-bond acceptors (Lipinski definition) is 6. The third kappa shape index (κ3) is 4.68. The summed E-state index contributed by atoms with van der Waals surface area (Å²) in [5, 5.41) is 8.56. The molecule has 2 heterocycles. The molecule has 1 amide bonds. The lowest BCUT2D eigenvalue weighted by molar-refractivity contribution is -0.124. The van der Waals surface area contributed by atoms with Crippen molar-refractivity contribution in [1.82, 2.24) is 10.2 Å². The molecule has 4 rings (SSSR count). The predicted molar refractivity (Wildman–Crippen MR) is 109 cm³/mol. The van der Waals surface area contributed by atoms with Gasteiger partial charge in [-0.25, -0.2) is 0 Å². The van der Waals surface area contributed by atoms with Crippen molar-refractivity contribution in [3.8, 4) is 5.75 Å². The van der Waals surface area contributed by atoms with E-state index in [1.165, 1.54) is 4.90 Å². The van der Waals surface area contributed by atoms with Crippen LogP contribution in [0.1, 0.15) is 11.1 Å². The van der Waals surface area contributed by atoms with E-state index in [4.69, 9.17) is 16.3 Å². The number of carbonyl (C=O) groups is 1. The molecule has 0 aliphatic carbocycles. The molecule has 10 heteroatoms. The van der Waals surface area contributed by atoms with Gasteiger partial charge in [-0.1, -0.05) is 53.3 Å². The fourth-order valence-electron chi connectivity index (χ4n) is 2.97. The molecular formula is C19H14ClF2N3O2S2. The van der Waals surface area contributed by atoms with Crippen LogP contribution >= 0.6 is 34.7 Å². The largest absolute Gasteiger partial charge is 0.480 e. The molecule has 29 heavy (non-hydrogen) atoms. The molecule has 0 spiro atoms. The van der Waals surface area contributed by atoms with E-state index in [0.29, 0.717) is 29.0 Å². The minimum absolute atomic E-state index is 0.100. The van der Waals surface area contributed by atoms with E-state index >= 15 is 0 Å². The molecule has 3 aromatic rings. The summed E-state index contributed by atoms with van der Waals surface area (Å²) >= 11 is 7.29. The normalized spacial score (nSPS) is 15.2. The maximum absolute atomic E-state index is 13.3. The number of anilines is 1. The van der Waals surface area contributed by atoms with Crippen LogP contribution in [0, 0.1) is 0 Å². The molecule has 0 N–H and O–H groups in total. The average molecular weight is 454 g/mol. The van der Waals surface area contributed by atoms with Gasteiger partial charge in [0, 0.05) is 11.4 Å². The van der Waals surface area contributed by atoms with Gasteiger partial charge in [0.1, 0.15) is 5.75 Å². The summed E-state index contributed by atoms with van der Waals surface area (Å²) in [7, 11) is 0. The van der Waals surface area contributed by atoms with E-state index < -0.39 is 11.9 Å². The van der Waals surface area contributed by atoms with Crippen LogP contribution in [0.25, 0.3) is 0 Å². The Morgan fingerprint density at radius 3 is 2.83 bits per heavy atom. The zero-order valence-electron chi connectivity index (χ0n) is 14.8. The first-order valence-corrected chi connectivity index (χ1v) is 10.7. The zero-order chi connectivity index (χ0) is 20.4. The standard InChI is InChI=1S/C19H14ClF2N3O2S2/c20-13-6-7-14-12(8-13)9-15(27-14)16(26)25(10-11-4-2-1-3-5-11)18-23-24-19(29-18)28-17(21)22/h1-8,15,17H,9-10H2. The van der Waals surface area contributed by atoms with E-state index in [2.05, 4.69) is 10.2 Å². The van der Waals surface area contributed by atoms with Gasteiger partial charge in [-0.3, -0.25) is 9.69 Å². The molecule has 0 radical (unpaired) electrons. The van der Waals surface area contributed by atoms with Gasteiger partial charge in [-0.05, 0) is 41.1 Å². The van der Waals surface area contributed by atoms with Crippen LogP contribution in [0.4, 0.5) is 13.9 Å². The van der Waals surface area contributed by atoms with E-state index in [1.807, 2.05) is 30.3 Å². The number of halogens is 3. The van der Waals surface area contributed by atoms with Gasteiger partial charge in [0.05, 0.1) is 6.54 Å². The number of thioether (sulfide) groups is 1. The molecule has 0 fully saturated rings. The first-order valence-electron chi connectivity index (χ1n) is 8.58.